The molecule has 6 bridgehead atoms. The van der Waals surface area contributed by atoms with Gasteiger partial charge in [-0.25, -0.2) is 44.7 Å². The van der Waals surface area contributed by atoms with Crippen LogP contribution in [-0.2, 0) is 49.4 Å². The van der Waals surface area contributed by atoms with Crippen LogP contribution in [0.4, 0.5) is 28.1 Å². The minimum atomic E-state index is -0.206. The number of carbonyl (C=O) groups excluding carboxylic acids is 1. The number of likely N-dealkylation sites (N-methyl/N-ethyl adjacent to an activating group) is 2. The van der Waals surface area contributed by atoms with Crippen LogP contribution in [0, 0.1) is 27.7 Å². The maximum Gasteiger partial charge on any atom is 0.409 e. The minimum absolute atomic E-state index is 0.206. The summed E-state index contributed by atoms with van der Waals surface area (Å²) in [6.45, 7) is 26.3. The van der Waals surface area contributed by atoms with E-state index in [2.05, 4.69) is 183 Å². The van der Waals surface area contributed by atoms with Gasteiger partial charge in [-0.3, -0.25) is 43.2 Å². The van der Waals surface area contributed by atoms with Crippen molar-refractivity contribution in [3.63, 3.8) is 0 Å². The SMILES string of the molecule is COC(=O)N1CCCN(C2CCC(Nc3nc(Cc4cnn(C5CCOCC5)c4)nc4scc(C)c34)CC2)CC1.Cc1csc2nc(Cc3cnn(C4CCOCC4)c3)nc(NC3CCC(N4C5CC4CN(C)C5)CC3)c12.Cc1csc2nc(Cc3cnn(C4CCOCC4)c3)nc(NC3CCC(N4CC5CC(C4)N5)CC3)c12.Cc1csc2nc(Cc3cnn(C4CCOCC4)c3)nc(NC3CCC(N4CC5CC(C4)N5C)CC3)c12. The van der Waals surface area contributed by atoms with E-state index < -0.39 is 0 Å². The highest BCUT2D eigenvalue weighted by Gasteiger charge is 2.49. The topological polar surface area (TPSA) is 320 Å². The van der Waals surface area contributed by atoms with E-state index in [1.54, 1.807) is 45.3 Å². The molecule has 1 amide bonds. The number of nitrogens with zero attached hydrogens (tertiary/aromatic N) is 23. The lowest BCUT2D eigenvalue weighted by Gasteiger charge is -2.59. The van der Waals surface area contributed by atoms with Crippen LogP contribution in [0.2, 0.25) is 0 Å². The molecule has 38 heteroatoms. The summed E-state index contributed by atoms with van der Waals surface area (Å²) in [5, 5.41) is 51.3. The van der Waals surface area contributed by atoms with Crippen LogP contribution in [0.15, 0.2) is 71.1 Å². The molecule has 5 N–H and O–H groups in total. The molecule has 13 aliphatic heterocycles. The fourth-order valence-electron chi connectivity index (χ4n) is 27.5. The zero-order chi connectivity index (χ0) is 101. The summed E-state index contributed by atoms with van der Waals surface area (Å²) in [6.07, 6.45) is 52.2. The summed E-state index contributed by atoms with van der Waals surface area (Å²) in [5.74, 6) is 7.55. The fourth-order valence-corrected chi connectivity index (χ4v) is 31.3. The molecule has 13 saturated heterocycles. The van der Waals surface area contributed by atoms with E-state index in [0.29, 0.717) is 80.1 Å². The highest BCUT2D eigenvalue weighted by Crippen LogP contribution is 2.45. The number of ether oxygens (including phenoxy) is 5. The third-order valence-electron chi connectivity index (χ3n) is 36.0. The van der Waals surface area contributed by atoms with Gasteiger partial charge in [-0.05, 0) is 288 Å². The Morgan fingerprint density at radius 2 is 0.653 bits per heavy atom. The number of nitrogens with one attached hydrogen (secondary N) is 5. The molecule has 0 aromatic carbocycles. The molecule has 34 nitrogen and oxygen atoms in total. The standard InChI is InChI=1S/C29H41N7O3S.2C28H39N7OS.C27H37N7OS/c1-20-19-40-28-26(20)27(32-25(33-28)16-21-17-30-36(18-21)24-8-14-39-15-9-24)31-22-4-6-23(7-5-22)34-10-3-11-35(13-12-34)29(37)38-2;1-18-17-37-28-26(18)27(30-20-3-5-22(6-4-20)35-23-12-24(35)16-33(2)15-23)31-25(32-28)11-19-13-29-34(14-19)21-7-9-36-10-8-21;1-18-17-37-28-26(18)27(30-20-3-5-21(6-4-20)34-15-23-12-24(16-34)33(23)2)31-25(32-28)11-19-13-29-35(14-19)22-7-9-36-10-8-22;1-17-16-36-27-25(17)26(30-19-2-4-22(5-3-19)33-14-20-11-21(15-33)29-20)31-24(32-27)10-18-12-28-34(13-18)23-6-8-35-9-7-23/h17-19,22-24H,3-16H2,1-2H3,(H,31,32,33);2*13-14,17,20-24H,3-12,15-16H2,1-2H3,(H,30,31,32);12-13,16,19-23,29H,2-11,14-15H2,1H3,(H,30,31,32). The molecule has 12 aromatic heterocycles. The smallest absolute Gasteiger partial charge is 0.409 e. The summed E-state index contributed by atoms with van der Waals surface area (Å²) in [7, 11) is 6.05. The van der Waals surface area contributed by atoms with Crippen molar-refractivity contribution in [2.45, 2.75) is 342 Å². The second kappa shape index (κ2) is 46.6. The number of likely N-dealkylation sites (tertiary alicyclic amines) is 2. The third kappa shape index (κ3) is 23.5. The van der Waals surface area contributed by atoms with Crippen molar-refractivity contribution in [3.05, 3.63) is 139 Å². The van der Waals surface area contributed by atoms with Crippen molar-refractivity contribution in [1.29, 1.82) is 0 Å². The van der Waals surface area contributed by atoms with Gasteiger partial charge < -0.3 is 60.1 Å². The number of aromatic nitrogens is 16. The van der Waals surface area contributed by atoms with Gasteiger partial charge in [0.15, 0.2) is 0 Å². The van der Waals surface area contributed by atoms with E-state index in [0.717, 1.165) is 294 Å². The van der Waals surface area contributed by atoms with Gasteiger partial charge in [0.05, 0.1) is 77.6 Å². The highest BCUT2D eigenvalue weighted by molar-refractivity contribution is 7.18. The number of piperidine rings is 3. The van der Waals surface area contributed by atoms with Crippen molar-refractivity contribution >= 4 is 116 Å². The van der Waals surface area contributed by atoms with Gasteiger partial charge in [0.25, 0.3) is 0 Å². The van der Waals surface area contributed by atoms with Crippen LogP contribution >= 0.6 is 45.3 Å². The van der Waals surface area contributed by atoms with E-state index >= 15 is 0 Å². The minimum Gasteiger partial charge on any atom is -0.453 e. The lowest BCUT2D eigenvalue weighted by atomic mass is 9.80. The maximum atomic E-state index is 12.0. The van der Waals surface area contributed by atoms with E-state index in [9.17, 15) is 4.79 Å². The average Bonchev–Trinajstić information content (AvgIpc) is 1.38. The largest absolute Gasteiger partial charge is 0.453 e. The van der Waals surface area contributed by atoms with Gasteiger partial charge in [-0.2, -0.15) is 20.4 Å². The molecule has 150 heavy (non-hydrogen) atoms. The van der Waals surface area contributed by atoms with E-state index in [-0.39, 0.29) is 6.09 Å². The third-order valence-corrected chi connectivity index (χ3v) is 40.0. The number of fused-ring (bicyclic) bond motifs is 10. The molecule has 29 rings (SSSR count). The number of rotatable bonds is 24. The lowest BCUT2D eigenvalue weighted by molar-refractivity contribution is -0.0967. The number of piperazine rings is 3. The van der Waals surface area contributed by atoms with Gasteiger partial charge in [-0.1, -0.05) is 0 Å². The summed E-state index contributed by atoms with van der Waals surface area (Å²) in [5.41, 5.74) is 9.72. The highest BCUT2D eigenvalue weighted by atomic mass is 32.1. The first kappa shape index (κ1) is 103. The molecule has 6 atom stereocenters. The Bertz CT molecular complexity index is 6490. The van der Waals surface area contributed by atoms with Gasteiger partial charge in [-0.15, -0.1) is 45.3 Å². The molecule has 25 heterocycles. The maximum absolute atomic E-state index is 12.0. The number of carbonyl (C=O) groups is 1. The second-order valence-electron chi connectivity index (χ2n) is 46.3. The van der Waals surface area contributed by atoms with Crippen LogP contribution in [0.5, 0.6) is 0 Å². The van der Waals surface area contributed by atoms with Crippen LogP contribution in [0.3, 0.4) is 0 Å². The normalized spacial score (nSPS) is 27.8. The van der Waals surface area contributed by atoms with Crippen LogP contribution < -0.4 is 26.6 Å². The molecule has 12 aromatic rings. The Hall–Kier alpha value is -8.97. The number of thiophene rings is 4. The zero-order valence-corrected chi connectivity index (χ0v) is 92.3. The van der Waals surface area contributed by atoms with E-state index in [4.69, 9.17) is 63.6 Å². The van der Waals surface area contributed by atoms with Crippen molar-refractivity contribution in [1.82, 2.24) is 119 Å². The molecule has 6 unspecified atom stereocenters. The van der Waals surface area contributed by atoms with E-state index in [1.165, 1.54) is 198 Å². The number of amides is 1. The predicted molar refractivity (Wildman–Crippen MR) is 594 cm³/mol. The van der Waals surface area contributed by atoms with Gasteiger partial charge in [0, 0.05) is 253 Å². The van der Waals surface area contributed by atoms with E-state index in [1.807, 2.05) is 29.7 Å². The Morgan fingerprint density at radius 1 is 0.347 bits per heavy atom. The Labute approximate surface area is 898 Å². The molecular formula is C112H156N28O6S4. The molecule has 804 valence electrons. The summed E-state index contributed by atoms with van der Waals surface area (Å²) >= 11 is 6.89. The Morgan fingerprint density at radius 3 is 0.973 bits per heavy atom. The second-order valence-corrected chi connectivity index (χ2v) is 49.7. The predicted octanol–water partition coefficient (Wildman–Crippen LogP) is 17.0. The summed E-state index contributed by atoms with van der Waals surface area (Å²) in [6, 6.07) is 11.1. The lowest BCUT2D eigenvalue weighted by Crippen LogP contribution is -2.70. The first-order valence-electron chi connectivity index (χ1n) is 56.9. The molecular weight excluding hydrogens is 1960 g/mol. The summed E-state index contributed by atoms with van der Waals surface area (Å²) < 4.78 is 35.5. The summed E-state index contributed by atoms with van der Waals surface area (Å²) in [4.78, 5) is 74.4. The molecule has 4 aliphatic carbocycles. The van der Waals surface area contributed by atoms with Crippen molar-refractivity contribution in [2.24, 2.45) is 0 Å². The monoisotopic (exact) mass is 2120 g/mol. The van der Waals surface area contributed by atoms with Gasteiger partial charge in [0.1, 0.15) is 65.9 Å². The number of aryl methyl sites for hydroxylation is 4. The Kier molecular flexibility index (Phi) is 31.9. The van der Waals surface area contributed by atoms with Gasteiger partial charge in [0.2, 0.25) is 0 Å². The first-order chi connectivity index (χ1) is 73.4. The molecule has 17 aliphatic rings. The zero-order valence-electron chi connectivity index (χ0n) is 89.0. The number of hydrogen-bond donors (Lipinski definition) is 5. The average molecular weight is 2120 g/mol. The van der Waals surface area contributed by atoms with Crippen LogP contribution in [0.25, 0.3) is 40.9 Å². The van der Waals surface area contributed by atoms with Crippen molar-refractivity contribution in [3.8, 4) is 0 Å². The fraction of sp³-hybridized carbons (Fsp3) is 0.670. The molecule has 4 saturated carbocycles. The quantitative estimate of drug-likeness (QED) is 0.0375. The number of anilines is 4. The molecule has 0 spiro atoms. The van der Waals surface area contributed by atoms with Gasteiger partial charge >= 0.3 is 6.09 Å². The van der Waals surface area contributed by atoms with Crippen molar-refractivity contribution < 1.29 is 28.5 Å². The Balaban J connectivity index is 0.000000106. The molecule has 17 fully saturated rings. The van der Waals surface area contributed by atoms with Crippen molar-refractivity contribution in [2.75, 3.05) is 161 Å². The van der Waals surface area contributed by atoms with Crippen LogP contribution in [-0.4, -0.2) is 343 Å². The number of methoxy groups -OCH3 is 1. The molecule has 0 radical (unpaired) electrons. The number of hydrogen-bond acceptors (Lipinski definition) is 33. The van der Waals surface area contributed by atoms with Crippen LogP contribution in [0.1, 0.15) is 272 Å². The first-order valence-corrected chi connectivity index (χ1v) is 60.4.